The van der Waals surface area contributed by atoms with Gasteiger partial charge in [-0.1, -0.05) is 24.3 Å². The number of aliphatic imine (C=N–C) groups is 2. The Morgan fingerprint density at radius 1 is 1.27 bits per heavy atom. The summed E-state index contributed by atoms with van der Waals surface area (Å²) in [5.41, 5.74) is 3.52. The number of benzene rings is 1. The van der Waals surface area contributed by atoms with E-state index in [2.05, 4.69) is 25.9 Å². The SMILES string of the molecule is CCOC1=NC2C(=O)c3ccccc3C3=NC=CC(=C1Br)C32. The molecule has 0 saturated heterocycles. The predicted octanol–water partition coefficient (Wildman–Crippen LogP) is 3.28. The van der Waals surface area contributed by atoms with Crippen molar-refractivity contribution in [3.05, 3.63) is 57.7 Å². The Hall–Kier alpha value is -2.01. The van der Waals surface area contributed by atoms with Crippen LogP contribution >= 0.6 is 15.9 Å². The minimum Gasteiger partial charge on any atom is -0.477 e. The quantitative estimate of drug-likeness (QED) is 0.775. The molecule has 3 aliphatic rings. The maximum absolute atomic E-state index is 12.9. The summed E-state index contributed by atoms with van der Waals surface area (Å²) >= 11 is 3.57. The normalized spacial score (nSPS) is 25.3. The summed E-state index contributed by atoms with van der Waals surface area (Å²) in [6.45, 7) is 2.41. The standard InChI is InChI=1S/C17H13BrN2O2/c1-2-22-17-13(18)11-7-8-19-14-9-5-3-4-6-10(9)16(21)15(20-17)12(11)14/h3-8,12,15H,2H2,1H3. The van der Waals surface area contributed by atoms with Gasteiger partial charge >= 0.3 is 0 Å². The summed E-state index contributed by atoms with van der Waals surface area (Å²) in [6.07, 6.45) is 3.71. The van der Waals surface area contributed by atoms with Crippen molar-refractivity contribution in [2.75, 3.05) is 6.61 Å². The number of rotatable bonds is 1. The Balaban J connectivity index is 1.96. The van der Waals surface area contributed by atoms with E-state index in [1.165, 1.54) is 0 Å². The lowest BCUT2D eigenvalue weighted by Gasteiger charge is -2.36. The molecule has 22 heavy (non-hydrogen) atoms. The van der Waals surface area contributed by atoms with Gasteiger partial charge in [0.1, 0.15) is 6.04 Å². The number of Topliss-reactive ketones (excluding diaryl/α,β-unsaturated/α-hetero) is 1. The molecule has 0 saturated carbocycles. The number of hydrogen-bond donors (Lipinski definition) is 0. The highest BCUT2D eigenvalue weighted by atomic mass is 79.9. The van der Waals surface area contributed by atoms with Gasteiger partial charge in [-0.2, -0.15) is 0 Å². The van der Waals surface area contributed by atoms with E-state index in [4.69, 9.17) is 4.74 Å². The summed E-state index contributed by atoms with van der Waals surface area (Å²) in [7, 11) is 0. The van der Waals surface area contributed by atoms with Crippen LogP contribution in [-0.2, 0) is 4.74 Å². The number of halogens is 1. The van der Waals surface area contributed by atoms with E-state index in [9.17, 15) is 4.79 Å². The Morgan fingerprint density at radius 3 is 2.82 bits per heavy atom. The summed E-state index contributed by atoms with van der Waals surface area (Å²) < 4.78 is 6.40. The van der Waals surface area contributed by atoms with Crippen molar-refractivity contribution in [2.24, 2.45) is 15.9 Å². The summed E-state index contributed by atoms with van der Waals surface area (Å²) in [5, 5.41) is 0. The van der Waals surface area contributed by atoms with Crippen LogP contribution in [0.1, 0.15) is 22.8 Å². The molecule has 0 spiro atoms. The van der Waals surface area contributed by atoms with Crippen LogP contribution in [-0.4, -0.2) is 30.0 Å². The highest BCUT2D eigenvalue weighted by Crippen LogP contribution is 2.41. The van der Waals surface area contributed by atoms with Crippen molar-refractivity contribution in [1.29, 1.82) is 0 Å². The third kappa shape index (κ3) is 1.78. The van der Waals surface area contributed by atoms with Crippen LogP contribution in [0.3, 0.4) is 0 Å². The van der Waals surface area contributed by atoms with E-state index in [1.54, 1.807) is 6.20 Å². The van der Waals surface area contributed by atoms with Gasteiger partial charge < -0.3 is 4.74 Å². The van der Waals surface area contributed by atoms with Crippen molar-refractivity contribution in [2.45, 2.75) is 13.0 Å². The average molecular weight is 357 g/mol. The van der Waals surface area contributed by atoms with Crippen LogP contribution < -0.4 is 0 Å². The highest BCUT2D eigenvalue weighted by molar-refractivity contribution is 9.12. The highest BCUT2D eigenvalue weighted by Gasteiger charge is 2.45. The van der Waals surface area contributed by atoms with Gasteiger partial charge in [0.05, 0.1) is 22.7 Å². The number of ketones is 1. The van der Waals surface area contributed by atoms with Crippen LogP contribution in [0, 0.1) is 5.92 Å². The maximum atomic E-state index is 12.9. The summed E-state index contributed by atoms with van der Waals surface area (Å²) in [4.78, 5) is 22.0. The first-order valence-corrected chi connectivity index (χ1v) is 8.00. The third-order valence-corrected chi connectivity index (χ3v) is 4.93. The molecule has 4 rings (SSSR count). The van der Waals surface area contributed by atoms with E-state index >= 15 is 0 Å². The van der Waals surface area contributed by atoms with Gasteiger partial charge in [0.2, 0.25) is 5.90 Å². The van der Waals surface area contributed by atoms with E-state index in [1.807, 2.05) is 37.3 Å². The van der Waals surface area contributed by atoms with Crippen LogP contribution in [0.25, 0.3) is 0 Å². The van der Waals surface area contributed by atoms with Crippen molar-refractivity contribution in [3.8, 4) is 0 Å². The van der Waals surface area contributed by atoms with Crippen LogP contribution in [0.15, 0.2) is 56.6 Å². The maximum Gasteiger partial charge on any atom is 0.224 e. The molecule has 2 atom stereocenters. The van der Waals surface area contributed by atoms with Crippen molar-refractivity contribution in [1.82, 2.24) is 0 Å². The third-order valence-electron chi connectivity index (χ3n) is 4.13. The van der Waals surface area contributed by atoms with Gasteiger partial charge in [-0.3, -0.25) is 9.79 Å². The van der Waals surface area contributed by atoms with E-state index in [0.29, 0.717) is 18.1 Å². The molecule has 0 fully saturated rings. The second-order valence-corrected chi connectivity index (χ2v) is 6.09. The molecular weight excluding hydrogens is 344 g/mol. The van der Waals surface area contributed by atoms with E-state index < -0.39 is 6.04 Å². The van der Waals surface area contributed by atoms with Gasteiger partial charge in [0.25, 0.3) is 0 Å². The molecule has 4 nitrogen and oxygen atoms in total. The zero-order chi connectivity index (χ0) is 15.3. The topological polar surface area (TPSA) is 51.0 Å². The monoisotopic (exact) mass is 356 g/mol. The number of allylic oxidation sites excluding steroid dienone is 1. The molecule has 0 amide bonds. The van der Waals surface area contributed by atoms with Gasteiger partial charge in [0, 0.05) is 17.3 Å². The molecule has 0 aromatic heterocycles. The second-order valence-electron chi connectivity index (χ2n) is 5.30. The van der Waals surface area contributed by atoms with Crippen LogP contribution in [0.5, 0.6) is 0 Å². The molecule has 110 valence electrons. The molecule has 5 heteroatoms. The predicted molar refractivity (Wildman–Crippen MR) is 88.7 cm³/mol. The minimum absolute atomic E-state index is 0.0320. The van der Waals surface area contributed by atoms with Crippen molar-refractivity contribution in [3.63, 3.8) is 0 Å². The lowest BCUT2D eigenvalue weighted by atomic mass is 9.72. The fourth-order valence-electron chi connectivity index (χ4n) is 3.20. The number of dihydropyridines is 1. The Morgan fingerprint density at radius 2 is 2.05 bits per heavy atom. The van der Waals surface area contributed by atoms with Crippen LogP contribution in [0.4, 0.5) is 0 Å². The lowest BCUT2D eigenvalue weighted by molar-refractivity contribution is 0.0946. The minimum atomic E-state index is -0.489. The zero-order valence-electron chi connectivity index (χ0n) is 11.9. The zero-order valence-corrected chi connectivity index (χ0v) is 13.5. The van der Waals surface area contributed by atoms with Crippen LogP contribution in [0.2, 0.25) is 0 Å². The Kier molecular flexibility index (Phi) is 3.11. The van der Waals surface area contributed by atoms with E-state index in [-0.39, 0.29) is 11.7 Å². The van der Waals surface area contributed by atoms with Gasteiger partial charge in [0.15, 0.2) is 5.78 Å². The first kappa shape index (κ1) is 13.6. The molecule has 2 unspecified atom stereocenters. The Bertz CT molecular complexity index is 805. The second kappa shape index (κ2) is 5.02. The fraction of sp³-hybridized carbons (Fsp3) is 0.235. The number of hydrogen-bond acceptors (Lipinski definition) is 4. The summed E-state index contributed by atoms with van der Waals surface area (Å²) in [6, 6.07) is 7.12. The van der Waals surface area contributed by atoms with Gasteiger partial charge in [-0.05, 0) is 34.5 Å². The lowest BCUT2D eigenvalue weighted by Crippen LogP contribution is -2.44. The largest absolute Gasteiger partial charge is 0.477 e. The molecule has 2 aliphatic heterocycles. The van der Waals surface area contributed by atoms with Gasteiger partial charge in [-0.25, -0.2) is 4.99 Å². The molecule has 0 N–H and O–H groups in total. The molecule has 1 aromatic rings. The molecule has 0 radical (unpaired) electrons. The first-order chi connectivity index (χ1) is 10.7. The average Bonchev–Trinajstić information content (AvgIpc) is 2.56. The van der Waals surface area contributed by atoms with E-state index in [0.717, 1.165) is 21.3 Å². The molecule has 1 aliphatic carbocycles. The number of carbonyl (C=O) groups is 1. The van der Waals surface area contributed by atoms with Gasteiger partial charge in [-0.15, -0.1) is 0 Å². The molecule has 2 heterocycles. The number of ether oxygens (including phenoxy) is 1. The number of carbonyl (C=O) groups excluding carboxylic acids is 1. The van der Waals surface area contributed by atoms with Crippen molar-refractivity contribution < 1.29 is 9.53 Å². The number of nitrogens with zero attached hydrogens (tertiary/aromatic N) is 2. The molecular formula is C17H13BrN2O2. The number of fused-ring (bicyclic) bond motifs is 2. The first-order valence-electron chi connectivity index (χ1n) is 7.21. The van der Waals surface area contributed by atoms with Crippen molar-refractivity contribution >= 4 is 33.3 Å². The Labute approximate surface area is 136 Å². The molecule has 0 bridgehead atoms. The fourth-order valence-corrected chi connectivity index (χ4v) is 3.80. The summed E-state index contributed by atoms with van der Waals surface area (Å²) in [5.74, 6) is 0.396. The molecule has 1 aromatic carbocycles. The smallest absolute Gasteiger partial charge is 0.224 e.